The Morgan fingerprint density at radius 3 is 2.85 bits per heavy atom. The fourth-order valence-corrected chi connectivity index (χ4v) is 1.68. The molecule has 0 saturated heterocycles. The first kappa shape index (κ1) is 13.9. The summed E-state index contributed by atoms with van der Waals surface area (Å²) < 4.78 is 7.14. The second-order valence-electron chi connectivity index (χ2n) is 4.30. The molecule has 0 unspecified atom stereocenters. The van der Waals surface area contributed by atoms with Crippen LogP contribution in [0, 0.1) is 0 Å². The predicted molar refractivity (Wildman–Crippen MR) is 76.2 cm³/mol. The van der Waals surface area contributed by atoms with Crippen molar-refractivity contribution in [1.29, 1.82) is 0 Å². The van der Waals surface area contributed by atoms with Gasteiger partial charge in [0.25, 0.3) is 0 Å². The largest absolute Gasteiger partial charge is 0.493 e. The van der Waals surface area contributed by atoms with Gasteiger partial charge in [-0.05, 0) is 12.1 Å². The number of nitrogens with two attached hydrogens (primary N) is 1. The molecule has 0 fully saturated rings. The third-order valence-electron chi connectivity index (χ3n) is 2.66. The molecular formula is C14H18N4O2. The first-order chi connectivity index (χ1) is 9.74. The molecule has 0 spiro atoms. The molecule has 0 aliphatic carbocycles. The topological polar surface area (TPSA) is 82.2 Å². The molecule has 1 aromatic heterocycles. The quantitative estimate of drug-likeness (QED) is 0.790. The molecule has 106 valence electrons. The molecule has 3 N–H and O–H groups in total. The number of aromatic nitrogens is 2. The van der Waals surface area contributed by atoms with E-state index in [2.05, 4.69) is 10.4 Å². The highest BCUT2D eigenvalue weighted by molar-refractivity contribution is 5.75. The number of ether oxygens (including phenoxy) is 1. The third kappa shape index (κ3) is 4.64. The lowest BCUT2D eigenvalue weighted by molar-refractivity contribution is -0.121. The third-order valence-corrected chi connectivity index (χ3v) is 2.66. The zero-order chi connectivity index (χ0) is 14.2. The highest BCUT2D eigenvalue weighted by atomic mass is 16.5. The summed E-state index contributed by atoms with van der Waals surface area (Å²) in [4.78, 5) is 11.6. The summed E-state index contributed by atoms with van der Waals surface area (Å²) in [7, 11) is 0. The van der Waals surface area contributed by atoms with Crippen molar-refractivity contribution in [2.24, 2.45) is 0 Å². The summed E-state index contributed by atoms with van der Waals surface area (Å²) in [6.07, 6.45) is 3.64. The van der Waals surface area contributed by atoms with Gasteiger partial charge in [0.05, 0.1) is 31.5 Å². The van der Waals surface area contributed by atoms with E-state index in [-0.39, 0.29) is 5.91 Å². The van der Waals surface area contributed by atoms with Gasteiger partial charge in [-0.2, -0.15) is 5.10 Å². The maximum Gasteiger partial charge on any atom is 0.223 e. The Balaban J connectivity index is 1.59. The van der Waals surface area contributed by atoms with Crippen molar-refractivity contribution < 1.29 is 9.53 Å². The molecule has 0 bridgehead atoms. The number of nitrogens with zero attached hydrogens (tertiary/aromatic N) is 2. The summed E-state index contributed by atoms with van der Waals surface area (Å²) in [6.45, 7) is 1.48. The lowest BCUT2D eigenvalue weighted by atomic mass is 10.3. The lowest BCUT2D eigenvalue weighted by Crippen LogP contribution is -2.28. The van der Waals surface area contributed by atoms with Crippen LogP contribution in [0.5, 0.6) is 5.75 Å². The molecule has 0 saturated carbocycles. The Kier molecular flexibility index (Phi) is 5.00. The molecule has 0 radical (unpaired) electrons. The van der Waals surface area contributed by atoms with Crippen LogP contribution in [0.4, 0.5) is 5.69 Å². The van der Waals surface area contributed by atoms with E-state index >= 15 is 0 Å². The second kappa shape index (κ2) is 7.18. The lowest BCUT2D eigenvalue weighted by Gasteiger charge is -2.07. The molecule has 2 rings (SSSR count). The van der Waals surface area contributed by atoms with Crippen LogP contribution in [0.25, 0.3) is 0 Å². The molecule has 0 aliphatic heterocycles. The minimum absolute atomic E-state index is 0.0407. The maximum absolute atomic E-state index is 11.6. The van der Waals surface area contributed by atoms with Crippen LogP contribution < -0.4 is 15.8 Å². The number of nitrogens with one attached hydrogen (secondary N) is 1. The van der Waals surface area contributed by atoms with E-state index in [0.29, 0.717) is 31.8 Å². The van der Waals surface area contributed by atoms with E-state index in [1.54, 1.807) is 17.1 Å². The standard InChI is InChI=1S/C14H18N4O2/c15-12-10-17-18(11-12)8-7-16-14(19)6-9-20-13-4-2-1-3-5-13/h1-5,10-11H,6-9,15H2,(H,16,19). The van der Waals surface area contributed by atoms with Gasteiger partial charge >= 0.3 is 0 Å². The number of para-hydroxylation sites is 1. The van der Waals surface area contributed by atoms with Gasteiger partial charge in [0, 0.05) is 12.7 Å². The van der Waals surface area contributed by atoms with Gasteiger partial charge in [0.2, 0.25) is 5.91 Å². The fourth-order valence-electron chi connectivity index (χ4n) is 1.68. The smallest absolute Gasteiger partial charge is 0.223 e. The highest BCUT2D eigenvalue weighted by Crippen LogP contribution is 2.08. The molecule has 1 aromatic carbocycles. The number of benzene rings is 1. The molecule has 20 heavy (non-hydrogen) atoms. The highest BCUT2D eigenvalue weighted by Gasteiger charge is 2.02. The molecule has 1 heterocycles. The first-order valence-electron chi connectivity index (χ1n) is 6.46. The van der Waals surface area contributed by atoms with Crippen molar-refractivity contribution in [3.63, 3.8) is 0 Å². The van der Waals surface area contributed by atoms with Gasteiger partial charge in [0.15, 0.2) is 0 Å². The van der Waals surface area contributed by atoms with Gasteiger partial charge in [-0.3, -0.25) is 9.48 Å². The monoisotopic (exact) mass is 274 g/mol. The number of amides is 1. The van der Waals surface area contributed by atoms with Crippen molar-refractivity contribution >= 4 is 11.6 Å². The fraction of sp³-hybridized carbons (Fsp3) is 0.286. The summed E-state index contributed by atoms with van der Waals surface area (Å²) in [5.41, 5.74) is 6.16. The summed E-state index contributed by atoms with van der Waals surface area (Å²) in [5.74, 6) is 0.730. The maximum atomic E-state index is 11.6. The molecular weight excluding hydrogens is 256 g/mol. The number of anilines is 1. The molecule has 0 aliphatic rings. The van der Waals surface area contributed by atoms with Crippen molar-refractivity contribution in [3.05, 3.63) is 42.7 Å². The molecule has 1 amide bonds. The first-order valence-corrected chi connectivity index (χ1v) is 6.46. The van der Waals surface area contributed by atoms with E-state index in [1.165, 1.54) is 0 Å². The zero-order valence-electron chi connectivity index (χ0n) is 11.2. The molecule has 6 heteroatoms. The van der Waals surface area contributed by atoms with Gasteiger partial charge in [-0.25, -0.2) is 0 Å². The normalized spacial score (nSPS) is 10.2. The Morgan fingerprint density at radius 2 is 2.15 bits per heavy atom. The Morgan fingerprint density at radius 1 is 1.35 bits per heavy atom. The average molecular weight is 274 g/mol. The van der Waals surface area contributed by atoms with E-state index in [1.807, 2.05) is 30.3 Å². The Hall–Kier alpha value is -2.50. The van der Waals surface area contributed by atoms with Crippen LogP contribution in [0.15, 0.2) is 42.7 Å². The van der Waals surface area contributed by atoms with Gasteiger partial charge in [-0.15, -0.1) is 0 Å². The van der Waals surface area contributed by atoms with Crippen LogP contribution in [-0.4, -0.2) is 28.8 Å². The summed E-state index contributed by atoms with van der Waals surface area (Å²) in [5, 5.41) is 6.84. The Labute approximate surface area is 117 Å². The minimum Gasteiger partial charge on any atom is -0.493 e. The van der Waals surface area contributed by atoms with Crippen molar-refractivity contribution in [3.8, 4) is 5.75 Å². The van der Waals surface area contributed by atoms with Crippen LogP contribution in [-0.2, 0) is 11.3 Å². The van der Waals surface area contributed by atoms with Crippen molar-refractivity contribution in [1.82, 2.24) is 15.1 Å². The number of rotatable bonds is 7. The number of hydrogen-bond acceptors (Lipinski definition) is 4. The summed E-state index contributed by atoms with van der Waals surface area (Å²) in [6, 6.07) is 9.43. The van der Waals surface area contributed by atoms with E-state index in [0.717, 1.165) is 5.75 Å². The Bertz CT molecular complexity index is 539. The summed E-state index contributed by atoms with van der Waals surface area (Å²) >= 11 is 0. The zero-order valence-corrected chi connectivity index (χ0v) is 11.2. The van der Waals surface area contributed by atoms with Crippen LogP contribution in [0.1, 0.15) is 6.42 Å². The van der Waals surface area contributed by atoms with Crippen molar-refractivity contribution in [2.45, 2.75) is 13.0 Å². The van der Waals surface area contributed by atoms with Crippen molar-refractivity contribution in [2.75, 3.05) is 18.9 Å². The molecule has 6 nitrogen and oxygen atoms in total. The number of carbonyl (C=O) groups is 1. The van der Waals surface area contributed by atoms with E-state index < -0.39 is 0 Å². The number of hydrogen-bond donors (Lipinski definition) is 2. The van der Waals surface area contributed by atoms with Crippen LogP contribution >= 0.6 is 0 Å². The SMILES string of the molecule is Nc1cnn(CCNC(=O)CCOc2ccccc2)c1. The van der Waals surface area contributed by atoms with Gasteiger partial charge in [-0.1, -0.05) is 18.2 Å². The van der Waals surface area contributed by atoms with E-state index in [9.17, 15) is 4.79 Å². The van der Waals surface area contributed by atoms with Gasteiger partial charge in [0.1, 0.15) is 5.75 Å². The average Bonchev–Trinajstić information content (AvgIpc) is 2.86. The van der Waals surface area contributed by atoms with Crippen LogP contribution in [0.2, 0.25) is 0 Å². The van der Waals surface area contributed by atoms with Gasteiger partial charge < -0.3 is 15.8 Å². The van der Waals surface area contributed by atoms with Crippen LogP contribution in [0.3, 0.4) is 0 Å². The molecule has 2 aromatic rings. The van der Waals surface area contributed by atoms with E-state index in [4.69, 9.17) is 10.5 Å². The minimum atomic E-state index is -0.0407. The number of nitrogen functional groups attached to an aromatic ring is 1. The predicted octanol–water partition coefficient (Wildman–Crippen LogP) is 1.05. The number of carbonyl (C=O) groups excluding carboxylic acids is 1. The second-order valence-corrected chi connectivity index (χ2v) is 4.30. The molecule has 0 atom stereocenters.